The zero-order chi connectivity index (χ0) is 19.0. The Hall–Kier alpha value is -2.81. The number of hydrogen-bond donors (Lipinski definition) is 1. The van der Waals surface area contributed by atoms with Crippen LogP contribution in [0, 0.1) is 11.7 Å². The van der Waals surface area contributed by atoms with Crippen LogP contribution in [0.1, 0.15) is 36.6 Å². The molecule has 1 unspecified atom stereocenters. The van der Waals surface area contributed by atoms with Crippen LogP contribution < -0.4 is 5.32 Å². The molecule has 3 aromatic rings. The van der Waals surface area contributed by atoms with Crippen molar-refractivity contribution < 1.29 is 4.39 Å². The molecule has 0 amide bonds. The van der Waals surface area contributed by atoms with Crippen LogP contribution in [0.5, 0.6) is 0 Å². The van der Waals surface area contributed by atoms with Gasteiger partial charge in [0.2, 0.25) is 0 Å². The van der Waals surface area contributed by atoms with Crippen LogP contribution in [0.2, 0.25) is 0 Å². The standard InChI is InChI=1S/C24H25FN2/c1-4-18-8-12-23-24(16(18)3)21-14-19(25)9-13-22(21)27(23)15-17-6-10-20(11-7-17)26-5-2/h5-7,9-11,13-14,18,26H,2-4,8,12,15H2,1H3. The minimum atomic E-state index is -0.186. The molecule has 0 spiro atoms. The predicted octanol–water partition coefficient (Wildman–Crippen LogP) is 6.37. The highest BCUT2D eigenvalue weighted by atomic mass is 19.1. The van der Waals surface area contributed by atoms with Crippen molar-refractivity contribution in [2.45, 2.75) is 32.7 Å². The molecular weight excluding hydrogens is 335 g/mol. The smallest absolute Gasteiger partial charge is 0.123 e. The van der Waals surface area contributed by atoms with Crippen LogP contribution in [0.25, 0.3) is 16.5 Å². The zero-order valence-electron chi connectivity index (χ0n) is 15.8. The molecule has 0 saturated heterocycles. The van der Waals surface area contributed by atoms with Gasteiger partial charge in [0.15, 0.2) is 0 Å². The molecule has 1 aliphatic rings. The van der Waals surface area contributed by atoms with Gasteiger partial charge in [-0.05, 0) is 72.8 Å². The molecule has 1 aromatic heterocycles. The van der Waals surface area contributed by atoms with Gasteiger partial charge < -0.3 is 9.88 Å². The molecule has 0 fully saturated rings. The molecule has 2 nitrogen and oxygen atoms in total. The molecule has 1 atom stereocenters. The lowest BCUT2D eigenvalue weighted by atomic mass is 9.81. The fourth-order valence-corrected chi connectivity index (χ4v) is 4.33. The van der Waals surface area contributed by atoms with E-state index in [2.05, 4.69) is 54.2 Å². The second kappa shape index (κ2) is 7.07. The van der Waals surface area contributed by atoms with E-state index in [0.717, 1.165) is 42.4 Å². The number of rotatable bonds is 5. The summed E-state index contributed by atoms with van der Waals surface area (Å²) < 4.78 is 16.4. The lowest BCUT2D eigenvalue weighted by Gasteiger charge is -2.25. The Balaban J connectivity index is 1.81. The molecule has 1 heterocycles. The largest absolute Gasteiger partial charge is 0.362 e. The van der Waals surface area contributed by atoms with Crippen LogP contribution in [0.15, 0.2) is 61.8 Å². The van der Waals surface area contributed by atoms with Gasteiger partial charge in [-0.15, -0.1) is 0 Å². The van der Waals surface area contributed by atoms with Gasteiger partial charge >= 0.3 is 0 Å². The number of hydrogen-bond acceptors (Lipinski definition) is 1. The van der Waals surface area contributed by atoms with E-state index in [0.29, 0.717) is 5.92 Å². The maximum Gasteiger partial charge on any atom is 0.123 e. The van der Waals surface area contributed by atoms with Crippen molar-refractivity contribution >= 4 is 22.2 Å². The molecule has 0 saturated carbocycles. The topological polar surface area (TPSA) is 17.0 Å². The van der Waals surface area contributed by atoms with Crippen molar-refractivity contribution in [2.24, 2.45) is 5.92 Å². The van der Waals surface area contributed by atoms with Crippen molar-refractivity contribution in [3.05, 3.63) is 84.5 Å². The molecule has 4 rings (SSSR count). The highest BCUT2D eigenvalue weighted by Gasteiger charge is 2.27. The maximum absolute atomic E-state index is 14.0. The van der Waals surface area contributed by atoms with Gasteiger partial charge in [-0.2, -0.15) is 0 Å². The Morgan fingerprint density at radius 2 is 2.00 bits per heavy atom. The lowest BCUT2D eigenvalue weighted by Crippen LogP contribution is -2.14. The number of aromatic nitrogens is 1. The van der Waals surface area contributed by atoms with Gasteiger partial charge in [0.1, 0.15) is 5.82 Å². The summed E-state index contributed by atoms with van der Waals surface area (Å²) in [4.78, 5) is 0. The van der Waals surface area contributed by atoms with Crippen molar-refractivity contribution in [2.75, 3.05) is 5.32 Å². The summed E-state index contributed by atoms with van der Waals surface area (Å²) in [6.07, 6.45) is 4.88. The molecule has 3 heteroatoms. The molecule has 1 N–H and O–H groups in total. The summed E-state index contributed by atoms with van der Waals surface area (Å²) in [5.41, 5.74) is 6.96. The van der Waals surface area contributed by atoms with Crippen LogP contribution in [0.4, 0.5) is 10.1 Å². The third-order valence-corrected chi connectivity index (χ3v) is 5.73. The first-order valence-electron chi connectivity index (χ1n) is 9.58. The molecule has 27 heavy (non-hydrogen) atoms. The van der Waals surface area contributed by atoms with E-state index in [1.807, 2.05) is 6.07 Å². The Kier molecular flexibility index (Phi) is 4.61. The van der Waals surface area contributed by atoms with Crippen LogP contribution in [0.3, 0.4) is 0 Å². The fraction of sp³-hybridized carbons (Fsp3) is 0.250. The minimum Gasteiger partial charge on any atom is -0.362 e. The van der Waals surface area contributed by atoms with Crippen LogP contribution in [-0.4, -0.2) is 4.57 Å². The second-order valence-electron chi connectivity index (χ2n) is 7.28. The number of fused-ring (bicyclic) bond motifs is 3. The first kappa shape index (κ1) is 17.6. The van der Waals surface area contributed by atoms with Crippen molar-refractivity contribution in [1.29, 1.82) is 0 Å². The summed E-state index contributed by atoms with van der Waals surface area (Å²) in [6, 6.07) is 13.5. The second-order valence-corrected chi connectivity index (χ2v) is 7.28. The Labute approximate surface area is 160 Å². The van der Waals surface area contributed by atoms with E-state index in [9.17, 15) is 4.39 Å². The van der Waals surface area contributed by atoms with Crippen molar-refractivity contribution in [3.63, 3.8) is 0 Å². The third kappa shape index (κ3) is 3.08. The van der Waals surface area contributed by atoms with Gasteiger partial charge in [-0.25, -0.2) is 4.39 Å². The van der Waals surface area contributed by atoms with E-state index < -0.39 is 0 Å². The molecule has 0 bridgehead atoms. The summed E-state index contributed by atoms with van der Waals surface area (Å²) >= 11 is 0. The van der Waals surface area contributed by atoms with Crippen molar-refractivity contribution in [3.8, 4) is 0 Å². The van der Waals surface area contributed by atoms with Crippen LogP contribution in [-0.2, 0) is 13.0 Å². The Morgan fingerprint density at radius 1 is 1.22 bits per heavy atom. The average Bonchev–Trinajstić information content (AvgIpc) is 2.97. The highest BCUT2D eigenvalue weighted by Crippen LogP contribution is 2.42. The van der Waals surface area contributed by atoms with Gasteiger partial charge in [-0.1, -0.05) is 32.2 Å². The van der Waals surface area contributed by atoms with Crippen LogP contribution >= 0.6 is 0 Å². The van der Waals surface area contributed by atoms with Gasteiger partial charge in [-0.3, -0.25) is 0 Å². The molecule has 0 radical (unpaired) electrons. The zero-order valence-corrected chi connectivity index (χ0v) is 15.8. The molecule has 0 aliphatic heterocycles. The Morgan fingerprint density at radius 3 is 2.70 bits per heavy atom. The first-order valence-corrected chi connectivity index (χ1v) is 9.58. The van der Waals surface area contributed by atoms with E-state index in [1.165, 1.54) is 22.4 Å². The maximum atomic E-state index is 14.0. The number of halogens is 1. The third-order valence-electron chi connectivity index (χ3n) is 5.73. The number of nitrogens with one attached hydrogen (secondary N) is 1. The highest BCUT2D eigenvalue weighted by molar-refractivity contribution is 5.95. The van der Waals surface area contributed by atoms with E-state index in [4.69, 9.17) is 0 Å². The molecule has 1 aliphatic carbocycles. The quantitative estimate of drug-likeness (QED) is 0.559. The monoisotopic (exact) mass is 360 g/mol. The summed E-state index contributed by atoms with van der Waals surface area (Å²) in [7, 11) is 0. The average molecular weight is 360 g/mol. The number of benzene rings is 2. The molecule has 2 aromatic carbocycles. The fourth-order valence-electron chi connectivity index (χ4n) is 4.33. The van der Waals surface area contributed by atoms with Gasteiger partial charge in [0, 0.05) is 34.4 Å². The van der Waals surface area contributed by atoms with E-state index in [-0.39, 0.29) is 5.82 Å². The normalized spacial score (nSPS) is 16.4. The van der Waals surface area contributed by atoms with E-state index in [1.54, 1.807) is 18.3 Å². The van der Waals surface area contributed by atoms with E-state index >= 15 is 0 Å². The number of anilines is 1. The van der Waals surface area contributed by atoms with Gasteiger partial charge in [0.05, 0.1) is 0 Å². The van der Waals surface area contributed by atoms with Crippen molar-refractivity contribution in [1.82, 2.24) is 4.57 Å². The SMILES string of the molecule is C=CNc1ccc(Cn2c3c(c4cc(F)ccc42)C(=C)C(CC)CC3)cc1. The van der Waals surface area contributed by atoms with Gasteiger partial charge in [0.25, 0.3) is 0 Å². The molecular formula is C24H25FN2. The summed E-state index contributed by atoms with van der Waals surface area (Å²) in [5.74, 6) is 0.304. The lowest BCUT2D eigenvalue weighted by molar-refractivity contribution is 0.556. The minimum absolute atomic E-state index is 0.186. The Bertz CT molecular complexity index is 1010. The predicted molar refractivity (Wildman–Crippen MR) is 112 cm³/mol. The first-order chi connectivity index (χ1) is 13.1. The molecule has 138 valence electrons. The number of allylic oxidation sites excluding steroid dienone is 1. The number of nitrogens with zero attached hydrogens (tertiary/aromatic N) is 1. The summed E-state index contributed by atoms with van der Waals surface area (Å²) in [6.45, 7) is 11.1. The summed E-state index contributed by atoms with van der Waals surface area (Å²) in [5, 5.41) is 4.10.